The largest absolute Gasteiger partial charge is 0.465 e. The Kier molecular flexibility index (Phi) is 6.64. The van der Waals surface area contributed by atoms with Gasteiger partial charge in [0.05, 0.1) is 13.2 Å². The van der Waals surface area contributed by atoms with Crippen molar-refractivity contribution in [3.05, 3.63) is 0 Å². The van der Waals surface area contributed by atoms with E-state index in [0.29, 0.717) is 13.2 Å². The normalized spacial score (nSPS) is 12.6. The molecule has 1 unspecified atom stereocenters. The summed E-state index contributed by atoms with van der Waals surface area (Å²) in [7, 11) is 0. The maximum Gasteiger partial charge on any atom is 0.320 e. The number of carbonyl (C=O) groups is 1. The predicted octanol–water partition coefficient (Wildman–Crippen LogP) is -0.549. The molecule has 0 aromatic rings. The SMILES string of the molecule is CCOC(=O)CNC(O)OCC. The van der Waals surface area contributed by atoms with Crippen molar-refractivity contribution in [1.82, 2.24) is 5.32 Å². The molecule has 0 aliphatic carbocycles. The molecule has 0 bridgehead atoms. The summed E-state index contributed by atoms with van der Waals surface area (Å²) < 4.78 is 9.31. The van der Waals surface area contributed by atoms with Crippen LogP contribution in [-0.4, -0.2) is 37.2 Å². The van der Waals surface area contributed by atoms with Gasteiger partial charge in [-0.3, -0.25) is 10.1 Å². The van der Waals surface area contributed by atoms with Gasteiger partial charge in [-0.1, -0.05) is 0 Å². The summed E-state index contributed by atoms with van der Waals surface area (Å²) in [5.41, 5.74) is 0. The molecule has 72 valence electrons. The van der Waals surface area contributed by atoms with Crippen molar-refractivity contribution < 1.29 is 19.4 Å². The van der Waals surface area contributed by atoms with Crippen LogP contribution in [-0.2, 0) is 14.3 Å². The molecule has 0 saturated carbocycles. The lowest BCUT2D eigenvalue weighted by molar-refractivity contribution is -0.149. The number of hydrogen-bond donors (Lipinski definition) is 2. The molecule has 5 nitrogen and oxygen atoms in total. The molecule has 0 fully saturated rings. The average molecular weight is 177 g/mol. The fraction of sp³-hybridized carbons (Fsp3) is 0.857. The van der Waals surface area contributed by atoms with Crippen LogP contribution in [0.5, 0.6) is 0 Å². The van der Waals surface area contributed by atoms with E-state index in [4.69, 9.17) is 9.84 Å². The molecule has 1 atom stereocenters. The van der Waals surface area contributed by atoms with E-state index in [2.05, 4.69) is 10.1 Å². The molecular weight excluding hydrogens is 162 g/mol. The Morgan fingerprint density at radius 2 is 2.17 bits per heavy atom. The van der Waals surface area contributed by atoms with Crippen molar-refractivity contribution >= 4 is 5.97 Å². The minimum atomic E-state index is -1.10. The molecule has 0 saturated heterocycles. The van der Waals surface area contributed by atoms with Gasteiger partial charge < -0.3 is 14.6 Å². The van der Waals surface area contributed by atoms with Crippen LogP contribution in [0.25, 0.3) is 0 Å². The van der Waals surface area contributed by atoms with Gasteiger partial charge in [-0.05, 0) is 13.8 Å². The van der Waals surface area contributed by atoms with Crippen LogP contribution >= 0.6 is 0 Å². The summed E-state index contributed by atoms with van der Waals surface area (Å²) in [6, 6.07) is 0. The lowest BCUT2D eigenvalue weighted by atomic mass is 10.6. The smallest absolute Gasteiger partial charge is 0.320 e. The van der Waals surface area contributed by atoms with E-state index in [1.807, 2.05) is 0 Å². The summed E-state index contributed by atoms with van der Waals surface area (Å²) in [6.07, 6.45) is -1.10. The first-order valence-corrected chi connectivity index (χ1v) is 3.89. The Morgan fingerprint density at radius 1 is 1.50 bits per heavy atom. The monoisotopic (exact) mass is 177 g/mol. The second kappa shape index (κ2) is 7.02. The van der Waals surface area contributed by atoms with E-state index >= 15 is 0 Å². The van der Waals surface area contributed by atoms with Gasteiger partial charge in [0.2, 0.25) is 6.41 Å². The lowest BCUT2D eigenvalue weighted by Crippen LogP contribution is -2.36. The van der Waals surface area contributed by atoms with Crippen molar-refractivity contribution in [3.8, 4) is 0 Å². The molecule has 0 amide bonds. The third-order valence-electron chi connectivity index (χ3n) is 1.05. The second-order valence-electron chi connectivity index (χ2n) is 1.99. The standard InChI is InChI=1S/C7H15NO4/c1-3-11-6(9)5-8-7(10)12-4-2/h7-8,10H,3-5H2,1-2H3. The summed E-state index contributed by atoms with van der Waals surface area (Å²) >= 11 is 0. The van der Waals surface area contributed by atoms with Crippen LogP contribution in [0.4, 0.5) is 0 Å². The highest BCUT2D eigenvalue weighted by molar-refractivity contribution is 5.71. The quantitative estimate of drug-likeness (QED) is 0.421. The van der Waals surface area contributed by atoms with Gasteiger partial charge >= 0.3 is 5.97 Å². The molecule has 0 aliphatic heterocycles. The molecule has 0 aromatic heterocycles. The van der Waals surface area contributed by atoms with Crippen LogP contribution in [0.1, 0.15) is 13.8 Å². The summed E-state index contributed by atoms with van der Waals surface area (Å²) in [5, 5.41) is 11.4. The molecule has 0 radical (unpaired) electrons. The first-order valence-electron chi connectivity index (χ1n) is 3.89. The topological polar surface area (TPSA) is 67.8 Å². The summed E-state index contributed by atoms with van der Waals surface area (Å²) in [6.45, 7) is 4.14. The fourth-order valence-corrected chi connectivity index (χ4v) is 0.599. The van der Waals surface area contributed by atoms with E-state index < -0.39 is 12.4 Å². The van der Waals surface area contributed by atoms with Crippen LogP contribution in [0.3, 0.4) is 0 Å². The lowest BCUT2D eigenvalue weighted by Gasteiger charge is -2.10. The molecule has 0 aromatic carbocycles. The first kappa shape index (κ1) is 11.4. The third kappa shape index (κ3) is 6.09. The minimum absolute atomic E-state index is 0.0466. The predicted molar refractivity (Wildman–Crippen MR) is 42.3 cm³/mol. The highest BCUT2D eigenvalue weighted by Crippen LogP contribution is 1.81. The van der Waals surface area contributed by atoms with Crippen LogP contribution in [0, 0.1) is 0 Å². The van der Waals surface area contributed by atoms with E-state index in [0.717, 1.165) is 0 Å². The van der Waals surface area contributed by atoms with Crippen molar-refractivity contribution in [1.29, 1.82) is 0 Å². The summed E-state index contributed by atoms with van der Waals surface area (Å²) in [5.74, 6) is -0.406. The van der Waals surface area contributed by atoms with Gasteiger partial charge in [0.15, 0.2) is 0 Å². The van der Waals surface area contributed by atoms with E-state index in [9.17, 15) is 4.79 Å². The van der Waals surface area contributed by atoms with E-state index in [1.165, 1.54) is 0 Å². The number of aliphatic hydroxyl groups excluding tert-OH is 1. The number of aliphatic hydroxyl groups is 1. The van der Waals surface area contributed by atoms with Crippen LogP contribution in [0.15, 0.2) is 0 Å². The number of rotatable bonds is 6. The zero-order valence-electron chi connectivity index (χ0n) is 7.37. The van der Waals surface area contributed by atoms with Gasteiger partial charge in [-0.25, -0.2) is 0 Å². The highest BCUT2D eigenvalue weighted by atomic mass is 16.6. The second-order valence-corrected chi connectivity index (χ2v) is 1.99. The van der Waals surface area contributed by atoms with Crippen molar-refractivity contribution in [2.45, 2.75) is 20.3 Å². The molecule has 0 spiro atoms. The number of carbonyl (C=O) groups excluding carboxylic acids is 1. The molecule has 0 aliphatic rings. The van der Waals surface area contributed by atoms with E-state index in [1.54, 1.807) is 13.8 Å². The van der Waals surface area contributed by atoms with Gasteiger partial charge in [-0.2, -0.15) is 0 Å². The number of hydrogen-bond acceptors (Lipinski definition) is 5. The number of esters is 1. The summed E-state index contributed by atoms with van der Waals surface area (Å²) in [4.78, 5) is 10.7. The number of ether oxygens (including phenoxy) is 2. The molecule has 0 rings (SSSR count). The molecule has 5 heteroatoms. The average Bonchev–Trinajstić information content (AvgIpc) is 2.02. The van der Waals surface area contributed by atoms with Crippen molar-refractivity contribution in [2.24, 2.45) is 0 Å². The maximum atomic E-state index is 10.7. The van der Waals surface area contributed by atoms with Crippen LogP contribution in [0.2, 0.25) is 0 Å². The Bertz CT molecular complexity index is 129. The van der Waals surface area contributed by atoms with Gasteiger partial charge in [0, 0.05) is 6.61 Å². The molecular formula is C7H15NO4. The minimum Gasteiger partial charge on any atom is -0.465 e. The fourth-order valence-electron chi connectivity index (χ4n) is 0.599. The zero-order chi connectivity index (χ0) is 9.40. The third-order valence-corrected chi connectivity index (χ3v) is 1.05. The Labute approximate surface area is 71.7 Å². The van der Waals surface area contributed by atoms with Gasteiger partial charge in [0.25, 0.3) is 0 Å². The molecule has 2 N–H and O–H groups in total. The number of nitrogens with one attached hydrogen (secondary N) is 1. The Morgan fingerprint density at radius 3 is 2.67 bits per heavy atom. The van der Waals surface area contributed by atoms with Gasteiger partial charge in [0.1, 0.15) is 0 Å². The maximum absolute atomic E-state index is 10.7. The van der Waals surface area contributed by atoms with Crippen molar-refractivity contribution in [2.75, 3.05) is 19.8 Å². The van der Waals surface area contributed by atoms with E-state index in [-0.39, 0.29) is 6.54 Å². The molecule has 12 heavy (non-hydrogen) atoms. The Balaban J connectivity index is 3.33. The van der Waals surface area contributed by atoms with Crippen molar-refractivity contribution in [3.63, 3.8) is 0 Å². The van der Waals surface area contributed by atoms with Gasteiger partial charge in [-0.15, -0.1) is 0 Å². The zero-order valence-corrected chi connectivity index (χ0v) is 7.37. The Hall–Kier alpha value is -0.650. The first-order chi connectivity index (χ1) is 5.70. The molecule has 0 heterocycles. The highest BCUT2D eigenvalue weighted by Gasteiger charge is 2.05. The van der Waals surface area contributed by atoms with Crippen LogP contribution < -0.4 is 5.32 Å².